The molecule has 0 aromatic rings. The lowest BCUT2D eigenvalue weighted by Gasteiger charge is -2.37. The Labute approximate surface area is 179 Å². The Balaban J connectivity index is 2.35. The van der Waals surface area contributed by atoms with Crippen LogP contribution in [0.1, 0.15) is 124 Å². The van der Waals surface area contributed by atoms with Crippen molar-refractivity contribution in [2.75, 3.05) is 13.2 Å². The van der Waals surface area contributed by atoms with Gasteiger partial charge in [0.1, 0.15) is 0 Å². The number of esters is 2. The van der Waals surface area contributed by atoms with E-state index in [1.165, 1.54) is 51.4 Å². The molecule has 0 aromatic carbocycles. The van der Waals surface area contributed by atoms with Gasteiger partial charge in [0.05, 0.1) is 24.5 Å². The van der Waals surface area contributed by atoms with Gasteiger partial charge in [-0.25, -0.2) is 0 Å². The lowest BCUT2D eigenvalue weighted by Crippen LogP contribution is -2.44. The highest BCUT2D eigenvalue weighted by Crippen LogP contribution is 2.42. The first-order valence-electron chi connectivity index (χ1n) is 12.4. The summed E-state index contributed by atoms with van der Waals surface area (Å²) in [4.78, 5) is 25.5. The van der Waals surface area contributed by atoms with Crippen molar-refractivity contribution in [3.8, 4) is 0 Å². The van der Waals surface area contributed by atoms with Crippen LogP contribution >= 0.6 is 0 Å². The molecule has 2 atom stereocenters. The molecule has 0 radical (unpaired) electrons. The minimum atomic E-state index is -0.724. The summed E-state index contributed by atoms with van der Waals surface area (Å²) in [6.07, 6.45) is 17.4. The molecule has 1 aliphatic carbocycles. The monoisotopic (exact) mass is 410 g/mol. The van der Waals surface area contributed by atoms with E-state index in [2.05, 4.69) is 13.8 Å². The van der Waals surface area contributed by atoms with Gasteiger partial charge in [0, 0.05) is 0 Å². The molecule has 0 bridgehead atoms. The Hall–Kier alpha value is -1.06. The zero-order valence-corrected chi connectivity index (χ0v) is 19.4. The lowest BCUT2D eigenvalue weighted by atomic mass is 9.67. The van der Waals surface area contributed by atoms with Crippen molar-refractivity contribution in [3.05, 3.63) is 0 Å². The topological polar surface area (TPSA) is 52.6 Å². The van der Waals surface area contributed by atoms with Crippen molar-refractivity contribution in [3.63, 3.8) is 0 Å². The van der Waals surface area contributed by atoms with Gasteiger partial charge in [-0.05, 0) is 32.6 Å². The van der Waals surface area contributed by atoms with Crippen LogP contribution in [0, 0.1) is 11.3 Å². The summed E-state index contributed by atoms with van der Waals surface area (Å²) in [5.41, 5.74) is -0.724. The number of carbonyl (C=O) groups is 2. The Kier molecular flexibility index (Phi) is 14.1. The third kappa shape index (κ3) is 10.00. The van der Waals surface area contributed by atoms with E-state index in [-0.39, 0.29) is 17.9 Å². The largest absolute Gasteiger partial charge is 0.465 e. The van der Waals surface area contributed by atoms with Crippen LogP contribution in [-0.4, -0.2) is 25.2 Å². The highest BCUT2D eigenvalue weighted by molar-refractivity contribution is 5.85. The standard InChI is InChI=1S/C25H46O4/c1-4-6-8-10-12-16-20-28-23(26)22-18-14-15-19-25(22,3)24(27)29-21-17-13-11-9-7-5-2/h22H,4-21H2,1-3H3. The maximum absolute atomic E-state index is 12.8. The molecule has 1 aliphatic rings. The summed E-state index contributed by atoms with van der Waals surface area (Å²) in [6.45, 7) is 7.28. The summed E-state index contributed by atoms with van der Waals surface area (Å²) >= 11 is 0. The van der Waals surface area contributed by atoms with Crippen LogP contribution in [0.2, 0.25) is 0 Å². The first-order valence-corrected chi connectivity index (χ1v) is 12.4. The molecule has 0 heterocycles. The zero-order chi connectivity index (χ0) is 21.4. The van der Waals surface area contributed by atoms with E-state index < -0.39 is 5.41 Å². The fourth-order valence-corrected chi connectivity index (χ4v) is 4.32. The van der Waals surface area contributed by atoms with E-state index in [0.29, 0.717) is 13.2 Å². The van der Waals surface area contributed by atoms with Gasteiger partial charge in [-0.1, -0.05) is 90.9 Å². The van der Waals surface area contributed by atoms with Crippen molar-refractivity contribution >= 4 is 11.9 Å². The van der Waals surface area contributed by atoms with Crippen LogP contribution in [-0.2, 0) is 19.1 Å². The first-order chi connectivity index (χ1) is 14.1. The summed E-state index contributed by atoms with van der Waals surface area (Å²) in [6, 6.07) is 0. The predicted octanol–water partition coefficient (Wildman–Crippen LogP) is 6.99. The maximum atomic E-state index is 12.8. The third-order valence-electron chi connectivity index (χ3n) is 6.43. The number of hydrogen-bond acceptors (Lipinski definition) is 4. The fourth-order valence-electron chi connectivity index (χ4n) is 4.32. The molecule has 0 aliphatic heterocycles. The molecule has 0 N–H and O–H groups in total. The summed E-state index contributed by atoms with van der Waals surface area (Å²) < 4.78 is 11.2. The summed E-state index contributed by atoms with van der Waals surface area (Å²) in [5.74, 6) is -0.752. The Morgan fingerprint density at radius 1 is 0.759 bits per heavy atom. The molecule has 1 saturated carbocycles. The molecule has 4 heteroatoms. The van der Waals surface area contributed by atoms with E-state index >= 15 is 0 Å². The quantitative estimate of drug-likeness (QED) is 0.203. The molecule has 4 nitrogen and oxygen atoms in total. The zero-order valence-electron chi connectivity index (χ0n) is 19.4. The van der Waals surface area contributed by atoms with E-state index in [4.69, 9.17) is 9.47 Å². The average molecular weight is 411 g/mol. The highest BCUT2D eigenvalue weighted by atomic mass is 16.5. The second-order valence-electron chi connectivity index (χ2n) is 9.05. The smallest absolute Gasteiger partial charge is 0.312 e. The van der Waals surface area contributed by atoms with Crippen LogP contribution in [0.25, 0.3) is 0 Å². The second-order valence-corrected chi connectivity index (χ2v) is 9.05. The van der Waals surface area contributed by atoms with Gasteiger partial charge in [-0.2, -0.15) is 0 Å². The first kappa shape index (κ1) is 26.0. The second kappa shape index (κ2) is 15.7. The molecule has 0 aromatic heterocycles. The number of rotatable bonds is 16. The Bertz CT molecular complexity index is 448. The van der Waals surface area contributed by atoms with Gasteiger partial charge >= 0.3 is 11.9 Å². The molecular weight excluding hydrogens is 364 g/mol. The molecule has 2 unspecified atom stereocenters. The number of ether oxygens (including phenoxy) is 2. The number of carbonyl (C=O) groups excluding carboxylic acids is 2. The third-order valence-corrected chi connectivity index (χ3v) is 6.43. The van der Waals surface area contributed by atoms with Gasteiger partial charge < -0.3 is 9.47 Å². The lowest BCUT2D eigenvalue weighted by molar-refractivity contribution is -0.172. The van der Waals surface area contributed by atoms with E-state index in [1.54, 1.807) is 0 Å². The molecule has 0 amide bonds. The van der Waals surface area contributed by atoms with E-state index in [1.807, 2.05) is 6.92 Å². The van der Waals surface area contributed by atoms with Crippen molar-refractivity contribution in [2.24, 2.45) is 11.3 Å². The molecule has 170 valence electrons. The maximum Gasteiger partial charge on any atom is 0.312 e. The van der Waals surface area contributed by atoms with Crippen LogP contribution in [0.5, 0.6) is 0 Å². The van der Waals surface area contributed by atoms with Crippen molar-refractivity contribution in [2.45, 2.75) is 124 Å². The fraction of sp³-hybridized carbons (Fsp3) is 0.920. The van der Waals surface area contributed by atoms with Crippen LogP contribution in [0.15, 0.2) is 0 Å². The molecule has 1 rings (SSSR count). The van der Waals surface area contributed by atoms with Gasteiger partial charge in [-0.3, -0.25) is 9.59 Å². The van der Waals surface area contributed by atoms with Crippen molar-refractivity contribution in [1.29, 1.82) is 0 Å². The minimum Gasteiger partial charge on any atom is -0.465 e. The van der Waals surface area contributed by atoms with E-state index in [9.17, 15) is 9.59 Å². The molecule has 0 saturated heterocycles. The van der Waals surface area contributed by atoms with Crippen LogP contribution in [0.4, 0.5) is 0 Å². The number of unbranched alkanes of at least 4 members (excludes halogenated alkanes) is 10. The summed E-state index contributed by atoms with van der Waals surface area (Å²) in [5, 5.41) is 0. The van der Waals surface area contributed by atoms with Gasteiger partial charge in [-0.15, -0.1) is 0 Å². The Morgan fingerprint density at radius 2 is 1.28 bits per heavy atom. The van der Waals surface area contributed by atoms with Crippen LogP contribution < -0.4 is 0 Å². The molecule has 29 heavy (non-hydrogen) atoms. The SMILES string of the molecule is CCCCCCCCOC(=O)C1CCCCC1(C)C(=O)OCCCCCCCC. The number of hydrogen-bond donors (Lipinski definition) is 0. The van der Waals surface area contributed by atoms with Crippen molar-refractivity contribution in [1.82, 2.24) is 0 Å². The molecular formula is C25H46O4. The minimum absolute atomic E-state index is 0.197. The van der Waals surface area contributed by atoms with E-state index in [0.717, 1.165) is 51.4 Å². The van der Waals surface area contributed by atoms with Crippen molar-refractivity contribution < 1.29 is 19.1 Å². The van der Waals surface area contributed by atoms with Gasteiger partial charge in [0.25, 0.3) is 0 Å². The van der Waals surface area contributed by atoms with Gasteiger partial charge in [0.15, 0.2) is 0 Å². The summed E-state index contributed by atoms with van der Waals surface area (Å²) in [7, 11) is 0. The molecule has 1 fully saturated rings. The normalized spacial score (nSPS) is 21.7. The Morgan fingerprint density at radius 3 is 1.86 bits per heavy atom. The van der Waals surface area contributed by atoms with Gasteiger partial charge in [0.2, 0.25) is 0 Å². The van der Waals surface area contributed by atoms with Crippen LogP contribution in [0.3, 0.4) is 0 Å². The average Bonchev–Trinajstić information content (AvgIpc) is 2.72. The highest BCUT2D eigenvalue weighted by Gasteiger charge is 2.48. The predicted molar refractivity (Wildman–Crippen MR) is 119 cm³/mol. The molecule has 0 spiro atoms.